The van der Waals surface area contributed by atoms with Crippen LogP contribution in [0.1, 0.15) is 6.92 Å². The van der Waals surface area contributed by atoms with E-state index >= 15 is 0 Å². The van der Waals surface area contributed by atoms with Gasteiger partial charge in [0.15, 0.2) is 0 Å². The molecular formula is C18H22N2O5S. The number of amides is 1. The molecule has 8 heteroatoms. The summed E-state index contributed by atoms with van der Waals surface area (Å²) in [5.41, 5.74) is 0.529. The van der Waals surface area contributed by atoms with E-state index in [2.05, 4.69) is 5.32 Å². The van der Waals surface area contributed by atoms with E-state index in [0.29, 0.717) is 23.8 Å². The first-order chi connectivity index (χ1) is 12.4. The van der Waals surface area contributed by atoms with Gasteiger partial charge in [-0.2, -0.15) is 4.31 Å². The first kappa shape index (κ1) is 19.7. The molecule has 1 amide bonds. The maximum Gasteiger partial charge on any atom is 0.243 e. The Morgan fingerprint density at radius 3 is 2.42 bits per heavy atom. The number of rotatable bonds is 8. The number of carbonyl (C=O) groups is 1. The molecule has 0 aliphatic carbocycles. The van der Waals surface area contributed by atoms with Crippen LogP contribution < -0.4 is 14.8 Å². The second-order valence-electron chi connectivity index (χ2n) is 5.45. The number of likely N-dealkylation sites (N-methyl/N-ethyl adjacent to an activating group) is 1. The third-order valence-corrected chi connectivity index (χ3v) is 5.38. The van der Waals surface area contributed by atoms with Crippen LogP contribution in [0.4, 0.5) is 5.69 Å². The van der Waals surface area contributed by atoms with Crippen molar-refractivity contribution in [2.45, 2.75) is 11.8 Å². The van der Waals surface area contributed by atoms with Crippen LogP contribution in [0.2, 0.25) is 0 Å². The van der Waals surface area contributed by atoms with Crippen LogP contribution >= 0.6 is 0 Å². The van der Waals surface area contributed by atoms with Crippen molar-refractivity contribution in [2.24, 2.45) is 0 Å². The highest BCUT2D eigenvalue weighted by atomic mass is 32.2. The Bertz CT molecular complexity index is 850. The third kappa shape index (κ3) is 4.96. The van der Waals surface area contributed by atoms with Crippen LogP contribution in [-0.2, 0) is 14.8 Å². The fourth-order valence-electron chi connectivity index (χ4n) is 2.24. The van der Waals surface area contributed by atoms with Gasteiger partial charge in [0.25, 0.3) is 0 Å². The van der Waals surface area contributed by atoms with Gasteiger partial charge in [-0.1, -0.05) is 6.07 Å². The fourth-order valence-corrected chi connectivity index (χ4v) is 3.37. The molecule has 0 saturated heterocycles. The lowest BCUT2D eigenvalue weighted by Crippen LogP contribution is -2.34. The lowest BCUT2D eigenvalue weighted by molar-refractivity contribution is -0.116. The molecule has 1 N–H and O–H groups in total. The van der Waals surface area contributed by atoms with E-state index in [1.807, 2.05) is 6.92 Å². The summed E-state index contributed by atoms with van der Waals surface area (Å²) in [4.78, 5) is 12.3. The first-order valence-electron chi connectivity index (χ1n) is 8.00. The Balaban J connectivity index is 2.04. The summed E-state index contributed by atoms with van der Waals surface area (Å²) < 4.78 is 36.5. The molecule has 2 aromatic rings. The Labute approximate surface area is 153 Å². The number of anilines is 1. The number of hydrogen-bond donors (Lipinski definition) is 1. The molecule has 0 aliphatic rings. The van der Waals surface area contributed by atoms with Crippen LogP contribution in [0.5, 0.6) is 11.5 Å². The minimum atomic E-state index is -3.78. The van der Waals surface area contributed by atoms with Gasteiger partial charge in [-0.05, 0) is 43.3 Å². The molecule has 0 heterocycles. The van der Waals surface area contributed by atoms with Crippen molar-refractivity contribution >= 4 is 21.6 Å². The molecule has 0 radical (unpaired) electrons. The van der Waals surface area contributed by atoms with E-state index in [0.717, 1.165) is 4.31 Å². The molecule has 26 heavy (non-hydrogen) atoms. The molecule has 0 atom stereocenters. The predicted molar refractivity (Wildman–Crippen MR) is 99.1 cm³/mol. The highest BCUT2D eigenvalue weighted by Crippen LogP contribution is 2.20. The van der Waals surface area contributed by atoms with Crippen molar-refractivity contribution in [2.75, 3.05) is 32.6 Å². The second kappa shape index (κ2) is 8.68. The number of nitrogens with one attached hydrogen (secondary N) is 1. The summed E-state index contributed by atoms with van der Waals surface area (Å²) in [7, 11) is -0.895. The van der Waals surface area contributed by atoms with Crippen LogP contribution in [0.15, 0.2) is 53.4 Å². The molecule has 7 nitrogen and oxygen atoms in total. The molecule has 0 saturated carbocycles. The maximum absolute atomic E-state index is 12.6. The lowest BCUT2D eigenvalue weighted by atomic mass is 10.3. The van der Waals surface area contributed by atoms with Gasteiger partial charge in [0.05, 0.1) is 25.2 Å². The second-order valence-corrected chi connectivity index (χ2v) is 7.49. The van der Waals surface area contributed by atoms with Gasteiger partial charge in [0.2, 0.25) is 15.9 Å². The van der Waals surface area contributed by atoms with Crippen molar-refractivity contribution in [3.05, 3.63) is 48.5 Å². The summed E-state index contributed by atoms with van der Waals surface area (Å²) in [6.45, 7) is 2.03. The lowest BCUT2D eigenvalue weighted by Gasteiger charge is -2.17. The molecule has 0 bridgehead atoms. The molecule has 140 valence electrons. The van der Waals surface area contributed by atoms with Gasteiger partial charge in [0, 0.05) is 18.8 Å². The summed E-state index contributed by atoms with van der Waals surface area (Å²) >= 11 is 0. The molecule has 2 rings (SSSR count). The van der Waals surface area contributed by atoms with Crippen LogP contribution in [-0.4, -0.2) is 45.9 Å². The number of methoxy groups -OCH3 is 1. The highest BCUT2D eigenvalue weighted by molar-refractivity contribution is 7.89. The first-order valence-corrected chi connectivity index (χ1v) is 9.44. The van der Waals surface area contributed by atoms with Gasteiger partial charge < -0.3 is 14.8 Å². The smallest absolute Gasteiger partial charge is 0.243 e. The third-order valence-electron chi connectivity index (χ3n) is 3.56. The van der Waals surface area contributed by atoms with Gasteiger partial charge in [-0.25, -0.2) is 8.42 Å². The monoisotopic (exact) mass is 378 g/mol. The van der Waals surface area contributed by atoms with Crippen molar-refractivity contribution < 1.29 is 22.7 Å². The average Bonchev–Trinajstić information content (AvgIpc) is 2.62. The zero-order valence-electron chi connectivity index (χ0n) is 14.9. The van der Waals surface area contributed by atoms with Gasteiger partial charge >= 0.3 is 0 Å². The van der Waals surface area contributed by atoms with Gasteiger partial charge in [-0.15, -0.1) is 0 Å². The largest absolute Gasteiger partial charge is 0.497 e. The Morgan fingerprint density at radius 1 is 1.12 bits per heavy atom. The fraction of sp³-hybridized carbons (Fsp3) is 0.278. The van der Waals surface area contributed by atoms with Gasteiger partial charge in [-0.3, -0.25) is 4.79 Å². The zero-order chi connectivity index (χ0) is 19.2. The minimum Gasteiger partial charge on any atom is -0.497 e. The molecule has 0 aromatic heterocycles. The predicted octanol–water partition coefficient (Wildman–Crippen LogP) is 2.35. The quantitative estimate of drug-likeness (QED) is 0.762. The number of nitrogens with zero attached hydrogens (tertiary/aromatic N) is 1. The number of hydrogen-bond acceptors (Lipinski definition) is 5. The van der Waals surface area contributed by atoms with Gasteiger partial charge in [0.1, 0.15) is 11.5 Å². The number of benzene rings is 2. The Morgan fingerprint density at radius 2 is 1.81 bits per heavy atom. The van der Waals surface area contributed by atoms with E-state index in [4.69, 9.17) is 9.47 Å². The molecule has 0 aliphatic heterocycles. The summed E-state index contributed by atoms with van der Waals surface area (Å²) in [6, 6.07) is 12.9. The number of carbonyl (C=O) groups excluding carboxylic acids is 1. The molecule has 0 fully saturated rings. The minimum absolute atomic E-state index is 0.0950. The van der Waals surface area contributed by atoms with Crippen LogP contribution in [0.25, 0.3) is 0 Å². The number of sulfonamides is 1. The van der Waals surface area contributed by atoms with Crippen molar-refractivity contribution in [1.82, 2.24) is 4.31 Å². The number of ether oxygens (including phenoxy) is 2. The Kier molecular flexibility index (Phi) is 6.59. The molecule has 2 aromatic carbocycles. The summed E-state index contributed by atoms with van der Waals surface area (Å²) in [5, 5.41) is 2.65. The zero-order valence-corrected chi connectivity index (χ0v) is 15.7. The maximum atomic E-state index is 12.6. The standard InChI is InChI=1S/C18H22N2O5S/c1-4-25-15-8-10-17(11-9-15)26(22,23)20(2)13-18(21)19-14-6-5-7-16(12-14)24-3/h5-12H,4,13H2,1-3H3,(H,19,21). The molecular weight excluding hydrogens is 356 g/mol. The van der Waals surface area contributed by atoms with Crippen LogP contribution in [0, 0.1) is 0 Å². The van der Waals surface area contributed by atoms with Crippen molar-refractivity contribution in [3.63, 3.8) is 0 Å². The summed E-state index contributed by atoms with van der Waals surface area (Å²) in [5.74, 6) is 0.735. The van der Waals surface area contributed by atoms with E-state index < -0.39 is 15.9 Å². The molecule has 0 unspecified atom stereocenters. The van der Waals surface area contributed by atoms with Crippen LogP contribution in [0.3, 0.4) is 0 Å². The highest BCUT2D eigenvalue weighted by Gasteiger charge is 2.23. The Hall–Kier alpha value is -2.58. The van der Waals surface area contributed by atoms with Crippen molar-refractivity contribution in [1.29, 1.82) is 0 Å². The normalized spacial score (nSPS) is 11.2. The average molecular weight is 378 g/mol. The molecule has 0 spiro atoms. The van der Waals surface area contributed by atoms with E-state index in [-0.39, 0.29) is 11.4 Å². The van der Waals surface area contributed by atoms with E-state index in [1.54, 1.807) is 36.4 Å². The van der Waals surface area contributed by atoms with Crippen molar-refractivity contribution in [3.8, 4) is 11.5 Å². The SMILES string of the molecule is CCOc1ccc(S(=O)(=O)N(C)CC(=O)Nc2cccc(OC)c2)cc1. The van der Waals surface area contributed by atoms with E-state index in [9.17, 15) is 13.2 Å². The summed E-state index contributed by atoms with van der Waals surface area (Å²) in [6.07, 6.45) is 0. The van der Waals surface area contributed by atoms with E-state index in [1.165, 1.54) is 26.3 Å². The topological polar surface area (TPSA) is 84.9 Å².